The van der Waals surface area contributed by atoms with Crippen molar-refractivity contribution in [1.82, 2.24) is 4.90 Å². The van der Waals surface area contributed by atoms with E-state index in [-0.39, 0.29) is 5.91 Å². The number of hydrogen-bond acceptors (Lipinski definition) is 4. The van der Waals surface area contributed by atoms with E-state index < -0.39 is 0 Å². The Labute approximate surface area is 130 Å². The van der Waals surface area contributed by atoms with Gasteiger partial charge in [-0.05, 0) is 37.6 Å². The molecule has 0 atom stereocenters. The van der Waals surface area contributed by atoms with Gasteiger partial charge >= 0.3 is 0 Å². The number of carbonyl (C=O) groups excluding carboxylic acids is 1. The summed E-state index contributed by atoms with van der Waals surface area (Å²) in [5.74, 6) is 1.33. The van der Waals surface area contributed by atoms with Gasteiger partial charge in [-0.15, -0.1) is 0 Å². The molecule has 2 aromatic rings. The first-order valence-corrected chi connectivity index (χ1v) is 7.30. The smallest absolute Gasteiger partial charge is 0.257 e. The van der Waals surface area contributed by atoms with Crippen molar-refractivity contribution in [3.05, 3.63) is 47.9 Å². The lowest BCUT2D eigenvalue weighted by atomic mass is 10.1. The fourth-order valence-electron chi connectivity index (χ4n) is 2.20. The molecule has 0 spiro atoms. The third-order valence-electron chi connectivity index (χ3n) is 3.34. The summed E-state index contributed by atoms with van der Waals surface area (Å²) >= 11 is 0. The van der Waals surface area contributed by atoms with Crippen LogP contribution in [-0.4, -0.2) is 31.1 Å². The van der Waals surface area contributed by atoms with Crippen molar-refractivity contribution in [3.8, 4) is 11.5 Å². The molecule has 0 unspecified atom stereocenters. The van der Waals surface area contributed by atoms with Crippen molar-refractivity contribution in [1.29, 1.82) is 0 Å². The van der Waals surface area contributed by atoms with Crippen molar-refractivity contribution in [3.63, 3.8) is 0 Å². The molecule has 0 fully saturated rings. The van der Waals surface area contributed by atoms with Crippen LogP contribution in [0.3, 0.4) is 0 Å². The lowest BCUT2D eigenvalue weighted by Gasteiger charge is -2.21. The van der Waals surface area contributed by atoms with Gasteiger partial charge in [0.05, 0.1) is 25.5 Å². The number of nitrogens with zero attached hydrogens (tertiary/aromatic N) is 1. The average molecular weight is 303 g/mol. The highest BCUT2D eigenvalue weighted by Crippen LogP contribution is 2.28. The third kappa shape index (κ3) is 3.61. The summed E-state index contributed by atoms with van der Waals surface area (Å²) < 4.78 is 15.8. The molecule has 1 aromatic heterocycles. The number of rotatable bonds is 7. The van der Waals surface area contributed by atoms with Crippen LogP contribution in [0.2, 0.25) is 0 Å². The van der Waals surface area contributed by atoms with Crippen LogP contribution in [-0.2, 0) is 6.54 Å². The first-order valence-electron chi connectivity index (χ1n) is 7.30. The molecular weight excluding hydrogens is 282 g/mol. The summed E-state index contributed by atoms with van der Waals surface area (Å²) in [6.45, 7) is 5.57. The van der Waals surface area contributed by atoms with Crippen LogP contribution in [0, 0.1) is 0 Å². The number of benzene rings is 1. The standard InChI is InChI=1S/C17H21NO4/c1-4-18(17(19)14-8-9-21-12-14)11-13-6-7-15(22-5-2)16(10-13)20-3/h6-10,12H,4-5,11H2,1-3H3. The maximum Gasteiger partial charge on any atom is 0.257 e. The van der Waals surface area contributed by atoms with E-state index in [0.717, 1.165) is 5.56 Å². The summed E-state index contributed by atoms with van der Waals surface area (Å²) in [5, 5.41) is 0. The normalized spacial score (nSPS) is 10.3. The van der Waals surface area contributed by atoms with Crippen molar-refractivity contribution in [2.24, 2.45) is 0 Å². The molecule has 0 saturated carbocycles. The number of ether oxygens (including phenoxy) is 2. The van der Waals surface area contributed by atoms with Crippen LogP contribution >= 0.6 is 0 Å². The predicted octanol–water partition coefficient (Wildman–Crippen LogP) is 3.35. The number of amides is 1. The van der Waals surface area contributed by atoms with E-state index >= 15 is 0 Å². The fraction of sp³-hybridized carbons (Fsp3) is 0.353. The minimum Gasteiger partial charge on any atom is -0.493 e. The van der Waals surface area contributed by atoms with E-state index in [0.29, 0.717) is 36.8 Å². The minimum absolute atomic E-state index is 0.0518. The van der Waals surface area contributed by atoms with Gasteiger partial charge in [0.25, 0.3) is 5.91 Å². The van der Waals surface area contributed by atoms with Crippen LogP contribution in [0.15, 0.2) is 41.2 Å². The van der Waals surface area contributed by atoms with Gasteiger partial charge in [-0.2, -0.15) is 0 Å². The van der Waals surface area contributed by atoms with Crippen molar-refractivity contribution in [2.75, 3.05) is 20.3 Å². The van der Waals surface area contributed by atoms with Crippen LogP contribution in [0.1, 0.15) is 29.8 Å². The van der Waals surface area contributed by atoms with Crippen molar-refractivity contribution >= 4 is 5.91 Å². The molecular formula is C17H21NO4. The molecule has 5 heteroatoms. The molecule has 0 saturated heterocycles. The lowest BCUT2D eigenvalue weighted by molar-refractivity contribution is 0.0751. The van der Waals surface area contributed by atoms with Crippen LogP contribution in [0.25, 0.3) is 0 Å². The van der Waals surface area contributed by atoms with Gasteiger partial charge in [-0.1, -0.05) is 6.07 Å². The van der Waals surface area contributed by atoms with Crippen LogP contribution < -0.4 is 9.47 Å². The van der Waals surface area contributed by atoms with E-state index in [4.69, 9.17) is 13.9 Å². The maximum atomic E-state index is 12.4. The van der Waals surface area contributed by atoms with Gasteiger partial charge in [-0.3, -0.25) is 4.79 Å². The zero-order valence-electron chi connectivity index (χ0n) is 13.2. The summed E-state index contributed by atoms with van der Waals surface area (Å²) in [7, 11) is 1.61. The van der Waals surface area contributed by atoms with Crippen LogP contribution in [0.4, 0.5) is 0 Å². The topological polar surface area (TPSA) is 51.9 Å². The Bertz CT molecular complexity index is 607. The molecule has 22 heavy (non-hydrogen) atoms. The predicted molar refractivity (Wildman–Crippen MR) is 83.3 cm³/mol. The van der Waals surface area contributed by atoms with E-state index in [2.05, 4.69) is 0 Å². The Balaban J connectivity index is 2.15. The first kappa shape index (κ1) is 15.9. The molecule has 118 valence electrons. The Hall–Kier alpha value is -2.43. The quantitative estimate of drug-likeness (QED) is 0.787. The Kier molecular flexibility index (Phi) is 5.47. The highest BCUT2D eigenvalue weighted by molar-refractivity contribution is 5.93. The second-order valence-corrected chi connectivity index (χ2v) is 4.75. The minimum atomic E-state index is -0.0518. The third-order valence-corrected chi connectivity index (χ3v) is 3.34. The average Bonchev–Trinajstić information content (AvgIpc) is 3.07. The summed E-state index contributed by atoms with van der Waals surface area (Å²) in [6, 6.07) is 7.38. The fourth-order valence-corrected chi connectivity index (χ4v) is 2.20. The molecule has 1 heterocycles. The monoisotopic (exact) mass is 303 g/mol. The van der Waals surface area contributed by atoms with E-state index in [1.807, 2.05) is 32.0 Å². The van der Waals surface area contributed by atoms with Crippen molar-refractivity contribution < 1.29 is 18.7 Å². The Morgan fingerprint density at radius 2 is 2.05 bits per heavy atom. The van der Waals surface area contributed by atoms with Gasteiger partial charge in [0.1, 0.15) is 6.26 Å². The summed E-state index contributed by atoms with van der Waals surface area (Å²) in [6.07, 6.45) is 2.96. The largest absolute Gasteiger partial charge is 0.493 e. The number of carbonyl (C=O) groups is 1. The molecule has 0 bridgehead atoms. The molecule has 0 aliphatic rings. The Morgan fingerprint density at radius 1 is 1.23 bits per heavy atom. The zero-order chi connectivity index (χ0) is 15.9. The number of methoxy groups -OCH3 is 1. The maximum absolute atomic E-state index is 12.4. The molecule has 1 aromatic carbocycles. The van der Waals surface area contributed by atoms with Gasteiger partial charge < -0.3 is 18.8 Å². The number of furan rings is 1. The van der Waals surface area contributed by atoms with Gasteiger partial charge in [-0.25, -0.2) is 0 Å². The van der Waals surface area contributed by atoms with E-state index in [1.165, 1.54) is 12.5 Å². The number of hydrogen-bond donors (Lipinski definition) is 0. The Morgan fingerprint density at radius 3 is 2.64 bits per heavy atom. The van der Waals surface area contributed by atoms with E-state index in [9.17, 15) is 4.79 Å². The second-order valence-electron chi connectivity index (χ2n) is 4.75. The molecule has 0 radical (unpaired) electrons. The zero-order valence-corrected chi connectivity index (χ0v) is 13.2. The van der Waals surface area contributed by atoms with Crippen LogP contribution in [0.5, 0.6) is 11.5 Å². The molecule has 2 rings (SSSR count). The SMILES string of the molecule is CCOc1ccc(CN(CC)C(=O)c2ccoc2)cc1OC. The van der Waals surface area contributed by atoms with Crippen molar-refractivity contribution in [2.45, 2.75) is 20.4 Å². The summed E-state index contributed by atoms with van der Waals surface area (Å²) in [5.41, 5.74) is 1.54. The second kappa shape index (κ2) is 7.54. The molecule has 5 nitrogen and oxygen atoms in total. The molecule has 0 aliphatic heterocycles. The molecule has 0 aliphatic carbocycles. The summed E-state index contributed by atoms with van der Waals surface area (Å²) in [4.78, 5) is 14.1. The lowest BCUT2D eigenvalue weighted by Crippen LogP contribution is -2.30. The highest BCUT2D eigenvalue weighted by atomic mass is 16.5. The van der Waals surface area contributed by atoms with E-state index in [1.54, 1.807) is 18.1 Å². The molecule has 0 N–H and O–H groups in total. The first-order chi connectivity index (χ1) is 10.7. The van der Waals surface area contributed by atoms with Gasteiger partial charge in [0.2, 0.25) is 0 Å². The molecule has 1 amide bonds. The highest BCUT2D eigenvalue weighted by Gasteiger charge is 2.16. The van der Waals surface area contributed by atoms with Gasteiger partial charge in [0.15, 0.2) is 11.5 Å². The van der Waals surface area contributed by atoms with Gasteiger partial charge in [0, 0.05) is 13.1 Å².